The largest absolute Gasteiger partial charge is 0.497 e. The van der Waals surface area contributed by atoms with Crippen LogP contribution in [0, 0.1) is 5.92 Å². The van der Waals surface area contributed by atoms with Crippen LogP contribution in [-0.2, 0) is 9.53 Å². The lowest BCUT2D eigenvalue weighted by molar-refractivity contribution is -0.159. The van der Waals surface area contributed by atoms with Crippen molar-refractivity contribution in [3.05, 3.63) is 54.1 Å². The summed E-state index contributed by atoms with van der Waals surface area (Å²) in [6.45, 7) is 3.97. The summed E-state index contributed by atoms with van der Waals surface area (Å²) in [4.78, 5) is 14.9. The molecule has 0 radical (unpaired) electrons. The van der Waals surface area contributed by atoms with Gasteiger partial charge in [0.25, 0.3) is 0 Å². The number of thiocarbonyl (C=S) groups is 1. The molecule has 0 saturated carbocycles. The SMILES string of the molecule is CCOC(=O)[C@H]1[C@H]2NC(=S)N(c3ccccc3)[C@@]1(C)Oc1ccc(OC)cc12. The van der Waals surface area contributed by atoms with E-state index in [1.165, 1.54) is 0 Å². The fourth-order valence-corrected chi connectivity index (χ4v) is 4.46. The number of nitrogens with one attached hydrogen (secondary N) is 1. The van der Waals surface area contributed by atoms with Crippen molar-refractivity contribution in [1.82, 2.24) is 5.32 Å². The molecule has 1 saturated heterocycles. The average molecular weight is 398 g/mol. The zero-order valence-electron chi connectivity index (χ0n) is 16.0. The van der Waals surface area contributed by atoms with Gasteiger partial charge >= 0.3 is 5.97 Å². The minimum absolute atomic E-state index is 0.291. The van der Waals surface area contributed by atoms with Gasteiger partial charge in [-0.3, -0.25) is 9.69 Å². The Morgan fingerprint density at radius 3 is 2.71 bits per heavy atom. The second kappa shape index (κ2) is 6.98. The van der Waals surface area contributed by atoms with Gasteiger partial charge in [0.2, 0.25) is 5.72 Å². The van der Waals surface area contributed by atoms with Crippen molar-refractivity contribution in [2.24, 2.45) is 5.92 Å². The maximum atomic E-state index is 13.0. The van der Waals surface area contributed by atoms with Gasteiger partial charge in [0, 0.05) is 11.3 Å². The molecule has 0 amide bonds. The second-order valence-electron chi connectivity index (χ2n) is 6.89. The molecule has 2 aromatic carbocycles. The van der Waals surface area contributed by atoms with Crippen LogP contribution in [-0.4, -0.2) is 30.5 Å². The second-order valence-corrected chi connectivity index (χ2v) is 7.28. The van der Waals surface area contributed by atoms with Gasteiger partial charge in [-0.1, -0.05) is 18.2 Å². The molecule has 2 aromatic rings. The Kier molecular flexibility index (Phi) is 4.63. The molecule has 2 aliphatic heterocycles. The minimum Gasteiger partial charge on any atom is -0.497 e. The van der Waals surface area contributed by atoms with Crippen LogP contribution in [0.4, 0.5) is 5.69 Å². The highest BCUT2D eigenvalue weighted by atomic mass is 32.1. The quantitative estimate of drug-likeness (QED) is 0.625. The number of ether oxygens (including phenoxy) is 3. The molecule has 0 spiro atoms. The molecule has 28 heavy (non-hydrogen) atoms. The van der Waals surface area contributed by atoms with Crippen molar-refractivity contribution >= 4 is 29.0 Å². The monoisotopic (exact) mass is 398 g/mol. The van der Waals surface area contributed by atoms with Crippen LogP contribution < -0.4 is 19.7 Å². The Balaban J connectivity index is 1.89. The first-order valence-corrected chi connectivity index (χ1v) is 9.59. The summed E-state index contributed by atoms with van der Waals surface area (Å²) in [6, 6.07) is 14.9. The molecule has 2 aliphatic rings. The van der Waals surface area contributed by atoms with E-state index >= 15 is 0 Å². The number of hydrogen-bond acceptors (Lipinski definition) is 5. The molecule has 1 fully saturated rings. The normalized spacial score (nSPS) is 25.2. The summed E-state index contributed by atoms with van der Waals surface area (Å²) in [6.07, 6.45) is 0. The van der Waals surface area contributed by atoms with Crippen LogP contribution in [0.3, 0.4) is 0 Å². The van der Waals surface area contributed by atoms with E-state index in [2.05, 4.69) is 5.32 Å². The smallest absolute Gasteiger partial charge is 0.317 e. The lowest BCUT2D eigenvalue weighted by Crippen LogP contribution is -2.71. The predicted octanol–water partition coefficient (Wildman–Crippen LogP) is 3.42. The van der Waals surface area contributed by atoms with Crippen LogP contribution in [0.1, 0.15) is 25.5 Å². The molecule has 7 heteroatoms. The maximum absolute atomic E-state index is 13.0. The van der Waals surface area contributed by atoms with Crippen LogP contribution in [0.25, 0.3) is 0 Å². The number of para-hydroxylation sites is 1. The number of rotatable bonds is 4. The van der Waals surface area contributed by atoms with E-state index in [-0.39, 0.29) is 12.0 Å². The van der Waals surface area contributed by atoms with Crippen LogP contribution in [0.5, 0.6) is 11.5 Å². The fraction of sp³-hybridized carbons (Fsp3) is 0.333. The molecule has 3 atom stereocenters. The van der Waals surface area contributed by atoms with Crippen molar-refractivity contribution in [1.29, 1.82) is 0 Å². The van der Waals surface area contributed by atoms with Gasteiger partial charge in [0.15, 0.2) is 5.11 Å². The van der Waals surface area contributed by atoms with Gasteiger partial charge in [-0.25, -0.2) is 0 Å². The van der Waals surface area contributed by atoms with Gasteiger partial charge in [-0.05, 0) is 56.4 Å². The Bertz CT molecular complexity index is 920. The molecule has 6 nitrogen and oxygen atoms in total. The number of methoxy groups -OCH3 is 1. The fourth-order valence-electron chi connectivity index (χ4n) is 4.05. The molecule has 0 unspecified atom stereocenters. The number of anilines is 1. The van der Waals surface area contributed by atoms with Crippen LogP contribution >= 0.6 is 12.2 Å². The Hall–Kier alpha value is -2.80. The number of hydrogen-bond donors (Lipinski definition) is 1. The molecular formula is C21H22N2O4S. The number of carbonyl (C=O) groups excluding carboxylic acids is 1. The minimum atomic E-state index is -1.04. The summed E-state index contributed by atoms with van der Waals surface area (Å²) in [7, 11) is 1.61. The third kappa shape index (κ3) is 2.77. The molecule has 0 aliphatic carbocycles. The van der Waals surface area contributed by atoms with E-state index in [0.717, 1.165) is 11.3 Å². The van der Waals surface area contributed by atoms with E-state index in [1.807, 2.05) is 60.4 Å². The number of benzene rings is 2. The summed E-state index contributed by atoms with van der Waals surface area (Å²) in [5.74, 6) is 0.412. The van der Waals surface area contributed by atoms with E-state index in [0.29, 0.717) is 23.2 Å². The van der Waals surface area contributed by atoms with E-state index in [9.17, 15) is 4.79 Å². The third-order valence-corrected chi connectivity index (χ3v) is 5.56. The summed E-state index contributed by atoms with van der Waals surface area (Å²) in [5, 5.41) is 3.83. The number of nitrogens with zero attached hydrogens (tertiary/aromatic N) is 1. The van der Waals surface area contributed by atoms with Crippen molar-refractivity contribution in [3.8, 4) is 11.5 Å². The van der Waals surface area contributed by atoms with Gasteiger partial charge < -0.3 is 19.5 Å². The van der Waals surface area contributed by atoms with Crippen LogP contribution in [0.2, 0.25) is 0 Å². The van der Waals surface area contributed by atoms with Crippen molar-refractivity contribution in [2.75, 3.05) is 18.6 Å². The first-order chi connectivity index (χ1) is 13.5. The third-order valence-electron chi connectivity index (χ3n) is 5.26. The van der Waals surface area contributed by atoms with Gasteiger partial charge in [-0.15, -0.1) is 0 Å². The molecule has 2 heterocycles. The van der Waals surface area contributed by atoms with Crippen molar-refractivity contribution < 1.29 is 19.0 Å². The Morgan fingerprint density at radius 2 is 2.04 bits per heavy atom. The van der Waals surface area contributed by atoms with Crippen molar-refractivity contribution in [2.45, 2.75) is 25.6 Å². The number of carbonyl (C=O) groups is 1. The van der Waals surface area contributed by atoms with Gasteiger partial charge in [-0.2, -0.15) is 0 Å². The first-order valence-electron chi connectivity index (χ1n) is 9.19. The molecule has 0 aromatic heterocycles. The maximum Gasteiger partial charge on any atom is 0.317 e. The summed E-state index contributed by atoms with van der Waals surface area (Å²) < 4.78 is 17.2. The van der Waals surface area contributed by atoms with E-state index < -0.39 is 11.6 Å². The molecule has 146 valence electrons. The van der Waals surface area contributed by atoms with Crippen molar-refractivity contribution in [3.63, 3.8) is 0 Å². The predicted molar refractivity (Wildman–Crippen MR) is 110 cm³/mol. The van der Waals surface area contributed by atoms with Gasteiger partial charge in [0.05, 0.1) is 19.8 Å². The molecular weight excluding hydrogens is 376 g/mol. The number of esters is 1. The zero-order valence-corrected chi connectivity index (χ0v) is 16.8. The topological polar surface area (TPSA) is 60.0 Å². The Morgan fingerprint density at radius 1 is 1.29 bits per heavy atom. The lowest BCUT2D eigenvalue weighted by atomic mass is 9.79. The standard InChI is InChI=1S/C21H22N2O4S/c1-4-26-19(24)17-18-15-12-14(25-3)10-11-16(15)27-21(17,2)23(20(28)22-18)13-8-6-5-7-9-13/h5-12,17-18H,4H2,1-3H3,(H,22,28)/t17-,18+,21+/m1/s1. The van der Waals surface area contributed by atoms with Crippen LogP contribution in [0.15, 0.2) is 48.5 Å². The number of fused-ring (bicyclic) bond motifs is 4. The lowest BCUT2D eigenvalue weighted by Gasteiger charge is -2.55. The Labute approximate surface area is 169 Å². The first kappa shape index (κ1) is 18.6. The summed E-state index contributed by atoms with van der Waals surface area (Å²) in [5.41, 5.74) is 0.625. The highest BCUT2D eigenvalue weighted by molar-refractivity contribution is 7.80. The summed E-state index contributed by atoms with van der Waals surface area (Å²) >= 11 is 5.68. The molecule has 2 bridgehead atoms. The van der Waals surface area contributed by atoms with E-state index in [4.69, 9.17) is 26.4 Å². The zero-order chi connectivity index (χ0) is 19.9. The average Bonchev–Trinajstić information content (AvgIpc) is 2.68. The van der Waals surface area contributed by atoms with Gasteiger partial charge in [0.1, 0.15) is 17.4 Å². The van der Waals surface area contributed by atoms with E-state index in [1.54, 1.807) is 14.0 Å². The molecule has 1 N–H and O–H groups in total. The highest BCUT2D eigenvalue weighted by Crippen LogP contribution is 2.50. The molecule has 4 rings (SSSR count). The highest BCUT2D eigenvalue weighted by Gasteiger charge is 2.59.